The average molecular weight is 454 g/mol. The lowest BCUT2D eigenvalue weighted by Crippen LogP contribution is -2.24. The number of hydrogen-bond acceptors (Lipinski definition) is 6. The molecule has 2 aromatic heterocycles. The Morgan fingerprint density at radius 3 is 2.52 bits per heavy atom. The molecule has 0 unspecified atom stereocenters. The molecule has 33 heavy (non-hydrogen) atoms. The van der Waals surface area contributed by atoms with Crippen molar-refractivity contribution in [2.75, 3.05) is 19.4 Å². The number of unbranched alkanes of at least 4 members (excludes halogenated alkanes) is 6. The molecule has 0 aliphatic heterocycles. The maximum Gasteiger partial charge on any atom is 0.305 e. The summed E-state index contributed by atoms with van der Waals surface area (Å²) in [5.41, 5.74) is 8.73. The molecule has 3 aromatic rings. The summed E-state index contributed by atoms with van der Waals surface area (Å²) >= 11 is 0. The molecule has 8 heteroatoms. The molecule has 0 spiro atoms. The Bertz CT molecular complexity index is 1060. The van der Waals surface area contributed by atoms with Crippen molar-refractivity contribution in [1.82, 2.24) is 19.9 Å². The Morgan fingerprint density at radius 2 is 1.73 bits per heavy atom. The van der Waals surface area contributed by atoms with E-state index in [9.17, 15) is 9.59 Å². The number of rotatable bonds is 14. The topological polar surface area (TPSA) is 112 Å². The molecule has 0 aliphatic rings. The standard InChI is InChI=1S/C25H35N5O3/c1-33-22(32)15-7-5-3-2-4-6-14-21(31)27-16-10-11-17-30-18-28-23-24(30)19-12-8-9-13-20(19)29-25(23)26/h8-9,12-13,18H,2-7,10-11,14-17H2,1H3,(H2,26,29)(H,27,31). The number of methoxy groups -OCH3 is 1. The Labute approximate surface area is 194 Å². The second kappa shape index (κ2) is 12.8. The molecular weight excluding hydrogens is 418 g/mol. The number of nitrogen functional groups attached to an aromatic ring is 1. The first-order chi connectivity index (χ1) is 16.1. The van der Waals surface area contributed by atoms with Crippen LogP contribution in [0.2, 0.25) is 0 Å². The van der Waals surface area contributed by atoms with Gasteiger partial charge in [0.15, 0.2) is 5.82 Å². The Morgan fingerprint density at radius 1 is 1.00 bits per heavy atom. The SMILES string of the molecule is COC(=O)CCCCCCCCC(=O)NCCCCn1cnc2c(N)nc3ccccc3c21. The highest BCUT2D eigenvalue weighted by molar-refractivity contribution is 6.06. The van der Waals surface area contributed by atoms with Crippen LogP contribution in [-0.2, 0) is 20.9 Å². The van der Waals surface area contributed by atoms with E-state index in [1.165, 1.54) is 7.11 Å². The molecule has 1 aromatic carbocycles. The van der Waals surface area contributed by atoms with Gasteiger partial charge in [-0.2, -0.15) is 0 Å². The predicted octanol–water partition coefficient (Wildman–Crippen LogP) is 4.36. The van der Waals surface area contributed by atoms with Crippen LogP contribution in [0, 0.1) is 0 Å². The summed E-state index contributed by atoms with van der Waals surface area (Å²) in [4.78, 5) is 32.0. The van der Waals surface area contributed by atoms with E-state index in [1.54, 1.807) is 0 Å². The van der Waals surface area contributed by atoms with Crippen LogP contribution in [0.3, 0.4) is 0 Å². The molecule has 0 fully saturated rings. The van der Waals surface area contributed by atoms with Gasteiger partial charge in [0.1, 0.15) is 5.52 Å². The summed E-state index contributed by atoms with van der Waals surface area (Å²) in [6, 6.07) is 7.96. The lowest BCUT2D eigenvalue weighted by Gasteiger charge is -2.08. The van der Waals surface area contributed by atoms with Gasteiger partial charge < -0.3 is 20.4 Å². The molecule has 0 aliphatic carbocycles. The van der Waals surface area contributed by atoms with Crippen LogP contribution < -0.4 is 11.1 Å². The third-order valence-corrected chi connectivity index (χ3v) is 5.89. The molecule has 0 bridgehead atoms. The van der Waals surface area contributed by atoms with Crippen molar-refractivity contribution in [2.24, 2.45) is 0 Å². The van der Waals surface area contributed by atoms with Crippen LogP contribution in [0.1, 0.15) is 64.2 Å². The van der Waals surface area contributed by atoms with Crippen molar-refractivity contribution >= 4 is 39.6 Å². The number of anilines is 1. The quantitative estimate of drug-likeness (QED) is 0.277. The number of amides is 1. The number of pyridine rings is 1. The average Bonchev–Trinajstić information content (AvgIpc) is 3.25. The van der Waals surface area contributed by atoms with Crippen molar-refractivity contribution in [3.8, 4) is 0 Å². The van der Waals surface area contributed by atoms with E-state index in [0.29, 0.717) is 25.2 Å². The fraction of sp³-hybridized carbons (Fsp3) is 0.520. The molecule has 1 amide bonds. The summed E-state index contributed by atoms with van der Waals surface area (Å²) in [6.45, 7) is 1.50. The molecular formula is C25H35N5O3. The van der Waals surface area contributed by atoms with Gasteiger partial charge in [-0.1, -0.05) is 43.9 Å². The van der Waals surface area contributed by atoms with Crippen molar-refractivity contribution in [1.29, 1.82) is 0 Å². The van der Waals surface area contributed by atoms with E-state index in [1.807, 2.05) is 30.6 Å². The van der Waals surface area contributed by atoms with Gasteiger partial charge in [-0.25, -0.2) is 9.97 Å². The number of nitrogens with one attached hydrogen (secondary N) is 1. The minimum atomic E-state index is -0.138. The molecule has 178 valence electrons. The van der Waals surface area contributed by atoms with Crippen LogP contribution in [0.25, 0.3) is 21.9 Å². The number of ether oxygens (including phenoxy) is 1. The van der Waals surface area contributed by atoms with Crippen LogP contribution in [0.4, 0.5) is 5.82 Å². The molecule has 0 atom stereocenters. The van der Waals surface area contributed by atoms with Crippen LogP contribution in [0.15, 0.2) is 30.6 Å². The Balaban J connectivity index is 1.29. The molecule has 3 N–H and O–H groups in total. The number of carbonyl (C=O) groups is 2. The Kier molecular flexibility index (Phi) is 9.47. The van der Waals surface area contributed by atoms with E-state index in [2.05, 4.69) is 24.6 Å². The van der Waals surface area contributed by atoms with Gasteiger partial charge in [-0.15, -0.1) is 0 Å². The van der Waals surface area contributed by atoms with Gasteiger partial charge in [-0.3, -0.25) is 9.59 Å². The maximum atomic E-state index is 12.0. The number of para-hydroxylation sites is 1. The zero-order valence-electron chi connectivity index (χ0n) is 19.5. The van der Waals surface area contributed by atoms with Gasteiger partial charge in [0.05, 0.1) is 24.5 Å². The molecule has 3 rings (SSSR count). The van der Waals surface area contributed by atoms with Crippen molar-refractivity contribution in [3.05, 3.63) is 30.6 Å². The van der Waals surface area contributed by atoms with E-state index in [0.717, 1.165) is 79.8 Å². The van der Waals surface area contributed by atoms with Gasteiger partial charge in [0, 0.05) is 31.3 Å². The smallest absolute Gasteiger partial charge is 0.305 e. The van der Waals surface area contributed by atoms with Crippen LogP contribution in [0.5, 0.6) is 0 Å². The third kappa shape index (κ3) is 7.17. The fourth-order valence-corrected chi connectivity index (χ4v) is 4.06. The van der Waals surface area contributed by atoms with Crippen molar-refractivity contribution < 1.29 is 14.3 Å². The van der Waals surface area contributed by atoms with Crippen LogP contribution in [-0.4, -0.2) is 40.1 Å². The second-order valence-corrected chi connectivity index (χ2v) is 8.40. The number of aryl methyl sites for hydroxylation is 1. The number of fused-ring (bicyclic) bond motifs is 3. The molecule has 8 nitrogen and oxygen atoms in total. The van der Waals surface area contributed by atoms with E-state index in [4.69, 9.17) is 5.73 Å². The summed E-state index contributed by atoms with van der Waals surface area (Å²) < 4.78 is 6.76. The first-order valence-electron chi connectivity index (χ1n) is 11.9. The number of hydrogen-bond donors (Lipinski definition) is 2. The fourth-order valence-electron chi connectivity index (χ4n) is 4.06. The highest BCUT2D eigenvalue weighted by Crippen LogP contribution is 2.27. The first kappa shape index (κ1) is 24.5. The lowest BCUT2D eigenvalue weighted by atomic mass is 10.1. The normalized spacial score (nSPS) is 11.2. The predicted molar refractivity (Wildman–Crippen MR) is 131 cm³/mol. The third-order valence-electron chi connectivity index (χ3n) is 5.89. The lowest BCUT2D eigenvalue weighted by molar-refractivity contribution is -0.140. The highest BCUT2D eigenvalue weighted by atomic mass is 16.5. The second-order valence-electron chi connectivity index (χ2n) is 8.40. The van der Waals surface area contributed by atoms with E-state index >= 15 is 0 Å². The molecule has 0 saturated carbocycles. The van der Waals surface area contributed by atoms with Crippen LogP contribution >= 0.6 is 0 Å². The molecule has 0 radical (unpaired) electrons. The molecule has 0 saturated heterocycles. The number of esters is 1. The summed E-state index contributed by atoms with van der Waals surface area (Å²) in [6.07, 6.45) is 10.8. The largest absolute Gasteiger partial charge is 0.469 e. The highest BCUT2D eigenvalue weighted by Gasteiger charge is 2.11. The summed E-state index contributed by atoms with van der Waals surface area (Å²) in [7, 11) is 1.42. The van der Waals surface area contributed by atoms with Gasteiger partial charge in [0.25, 0.3) is 0 Å². The maximum absolute atomic E-state index is 12.0. The monoisotopic (exact) mass is 453 g/mol. The number of aromatic nitrogens is 3. The van der Waals surface area contributed by atoms with Gasteiger partial charge in [0.2, 0.25) is 5.91 Å². The number of benzene rings is 1. The Hall–Kier alpha value is -3.16. The number of carbonyl (C=O) groups excluding carboxylic acids is 2. The van der Waals surface area contributed by atoms with E-state index < -0.39 is 0 Å². The minimum absolute atomic E-state index is 0.124. The number of imidazole rings is 1. The zero-order chi connectivity index (χ0) is 23.5. The van der Waals surface area contributed by atoms with Gasteiger partial charge in [-0.05, 0) is 31.7 Å². The number of nitrogens with two attached hydrogens (primary N) is 1. The summed E-state index contributed by atoms with van der Waals surface area (Å²) in [5.74, 6) is 0.440. The van der Waals surface area contributed by atoms with Gasteiger partial charge >= 0.3 is 5.97 Å². The van der Waals surface area contributed by atoms with Crippen molar-refractivity contribution in [3.63, 3.8) is 0 Å². The molecule has 2 heterocycles. The number of nitrogens with zero attached hydrogens (tertiary/aromatic N) is 3. The first-order valence-corrected chi connectivity index (χ1v) is 11.9. The van der Waals surface area contributed by atoms with Crippen molar-refractivity contribution in [2.45, 2.75) is 70.8 Å². The summed E-state index contributed by atoms with van der Waals surface area (Å²) in [5, 5.41) is 4.08. The zero-order valence-corrected chi connectivity index (χ0v) is 19.5. The van der Waals surface area contributed by atoms with E-state index in [-0.39, 0.29) is 11.9 Å². The minimum Gasteiger partial charge on any atom is -0.469 e.